The molecule has 3 rings (SSSR count). The van der Waals surface area contributed by atoms with E-state index in [0.717, 1.165) is 12.8 Å². The smallest absolute Gasteiger partial charge is 0.408 e. The molecule has 1 N–H and O–H groups in total. The van der Waals surface area contributed by atoms with E-state index >= 15 is 0 Å². The first-order chi connectivity index (χ1) is 9.41. The van der Waals surface area contributed by atoms with Gasteiger partial charge in [-0.3, -0.25) is 0 Å². The van der Waals surface area contributed by atoms with Gasteiger partial charge in [-0.15, -0.1) is 0 Å². The van der Waals surface area contributed by atoms with Crippen LogP contribution < -0.4 is 5.32 Å². The summed E-state index contributed by atoms with van der Waals surface area (Å²) in [6.07, 6.45) is 4.17. The summed E-state index contributed by atoms with van der Waals surface area (Å²) >= 11 is 0. The van der Waals surface area contributed by atoms with Gasteiger partial charge in [0.25, 0.3) is 0 Å². The van der Waals surface area contributed by atoms with Crippen molar-refractivity contribution in [1.82, 2.24) is 5.32 Å². The number of fused-ring (bicyclic) bond motifs is 3. The predicted molar refractivity (Wildman–Crippen MR) is 78.5 cm³/mol. The fourth-order valence-electron chi connectivity index (χ4n) is 3.83. The Bertz CT molecular complexity index is 532. The standard InChI is InChI=1S/C17H23NO2/c1-16(2,3)20-15(19)18-17-10-6-8-13(17)11-12-7-4-5-9-14(12)17/h4-5,7,9,13H,6,8,10-11H2,1-3H3,(H,18,19)/t13-,17+/m0/s1. The van der Waals surface area contributed by atoms with Gasteiger partial charge in [-0.1, -0.05) is 30.7 Å². The van der Waals surface area contributed by atoms with E-state index in [1.165, 1.54) is 24.0 Å². The predicted octanol–water partition coefficient (Wildman–Crippen LogP) is 3.76. The zero-order valence-electron chi connectivity index (χ0n) is 12.5. The van der Waals surface area contributed by atoms with Gasteiger partial charge in [0.1, 0.15) is 5.60 Å². The van der Waals surface area contributed by atoms with Crippen molar-refractivity contribution in [3.63, 3.8) is 0 Å². The minimum atomic E-state index is -0.451. The van der Waals surface area contributed by atoms with E-state index in [0.29, 0.717) is 5.92 Å². The van der Waals surface area contributed by atoms with Gasteiger partial charge >= 0.3 is 6.09 Å². The average Bonchev–Trinajstić information content (AvgIpc) is 2.82. The van der Waals surface area contributed by atoms with Crippen LogP contribution >= 0.6 is 0 Å². The Labute approximate surface area is 120 Å². The zero-order chi connectivity index (χ0) is 14.4. The molecule has 20 heavy (non-hydrogen) atoms. The van der Waals surface area contributed by atoms with Crippen LogP contribution in [0.15, 0.2) is 24.3 Å². The van der Waals surface area contributed by atoms with E-state index in [4.69, 9.17) is 4.74 Å². The lowest BCUT2D eigenvalue weighted by Gasteiger charge is -2.33. The normalized spacial score (nSPS) is 27.9. The highest BCUT2D eigenvalue weighted by Gasteiger charge is 2.50. The molecule has 1 fully saturated rings. The lowest BCUT2D eigenvalue weighted by atomic mass is 9.86. The molecule has 1 saturated carbocycles. The van der Waals surface area contributed by atoms with Crippen molar-refractivity contribution in [2.45, 2.75) is 57.6 Å². The van der Waals surface area contributed by atoms with Crippen LogP contribution in [-0.2, 0) is 16.7 Å². The number of hydrogen-bond donors (Lipinski definition) is 1. The molecule has 0 aromatic heterocycles. The molecule has 0 radical (unpaired) electrons. The minimum absolute atomic E-state index is 0.196. The van der Waals surface area contributed by atoms with Gasteiger partial charge in [-0.05, 0) is 57.1 Å². The third-order valence-electron chi connectivity index (χ3n) is 4.51. The lowest BCUT2D eigenvalue weighted by molar-refractivity contribution is 0.0431. The van der Waals surface area contributed by atoms with Gasteiger partial charge in [0, 0.05) is 0 Å². The lowest BCUT2D eigenvalue weighted by Crippen LogP contribution is -2.48. The highest BCUT2D eigenvalue weighted by atomic mass is 16.6. The summed E-state index contributed by atoms with van der Waals surface area (Å²) < 4.78 is 5.47. The van der Waals surface area contributed by atoms with Crippen LogP contribution in [0, 0.1) is 5.92 Å². The number of carbonyl (C=O) groups excluding carboxylic acids is 1. The highest BCUT2D eigenvalue weighted by molar-refractivity contribution is 5.70. The molecule has 0 heterocycles. The Hall–Kier alpha value is -1.51. The number of rotatable bonds is 1. The van der Waals surface area contributed by atoms with Crippen LogP contribution in [0.3, 0.4) is 0 Å². The topological polar surface area (TPSA) is 38.3 Å². The van der Waals surface area contributed by atoms with Crippen LogP contribution in [0.5, 0.6) is 0 Å². The maximum atomic E-state index is 12.2. The molecule has 0 bridgehead atoms. The van der Waals surface area contributed by atoms with Gasteiger partial charge in [0.05, 0.1) is 5.54 Å². The Morgan fingerprint density at radius 2 is 2.10 bits per heavy atom. The summed E-state index contributed by atoms with van der Waals surface area (Å²) in [6, 6.07) is 8.50. The Balaban J connectivity index is 1.88. The maximum absolute atomic E-state index is 12.2. The van der Waals surface area contributed by atoms with Crippen molar-refractivity contribution in [2.24, 2.45) is 5.92 Å². The molecule has 3 nitrogen and oxygen atoms in total. The van der Waals surface area contributed by atoms with Gasteiger partial charge in [0.15, 0.2) is 0 Å². The second-order valence-electron chi connectivity index (χ2n) is 7.05. The van der Waals surface area contributed by atoms with Crippen molar-refractivity contribution in [3.05, 3.63) is 35.4 Å². The van der Waals surface area contributed by atoms with Crippen molar-refractivity contribution in [2.75, 3.05) is 0 Å². The molecule has 108 valence electrons. The largest absolute Gasteiger partial charge is 0.444 e. The van der Waals surface area contributed by atoms with E-state index < -0.39 is 5.60 Å². The molecule has 1 aromatic rings. The van der Waals surface area contributed by atoms with Crippen LogP contribution in [0.25, 0.3) is 0 Å². The van der Waals surface area contributed by atoms with Crippen LogP contribution in [0.1, 0.15) is 51.2 Å². The zero-order valence-corrected chi connectivity index (χ0v) is 12.5. The summed E-state index contributed by atoms with van der Waals surface area (Å²) in [5, 5.41) is 3.21. The first-order valence-electron chi connectivity index (χ1n) is 7.50. The molecular weight excluding hydrogens is 250 g/mol. The fraction of sp³-hybridized carbons (Fsp3) is 0.588. The van der Waals surface area contributed by atoms with E-state index in [1.807, 2.05) is 20.8 Å². The van der Waals surface area contributed by atoms with Crippen LogP contribution in [-0.4, -0.2) is 11.7 Å². The number of amides is 1. The number of benzene rings is 1. The van der Waals surface area contributed by atoms with Crippen molar-refractivity contribution in [1.29, 1.82) is 0 Å². The number of nitrogens with one attached hydrogen (secondary N) is 1. The summed E-state index contributed by atoms with van der Waals surface area (Å²) in [4.78, 5) is 12.2. The van der Waals surface area contributed by atoms with E-state index in [9.17, 15) is 4.79 Å². The highest BCUT2D eigenvalue weighted by Crippen LogP contribution is 2.51. The summed E-state index contributed by atoms with van der Waals surface area (Å²) in [5.74, 6) is 0.521. The molecule has 2 atom stereocenters. The Morgan fingerprint density at radius 1 is 1.35 bits per heavy atom. The molecule has 0 aliphatic heterocycles. The minimum Gasteiger partial charge on any atom is -0.444 e. The monoisotopic (exact) mass is 273 g/mol. The van der Waals surface area contributed by atoms with E-state index in [1.54, 1.807) is 0 Å². The van der Waals surface area contributed by atoms with Crippen molar-refractivity contribution >= 4 is 6.09 Å². The number of ether oxygens (including phenoxy) is 1. The molecular formula is C17H23NO2. The van der Waals surface area contributed by atoms with Gasteiger partial charge in [-0.2, -0.15) is 0 Å². The van der Waals surface area contributed by atoms with Gasteiger partial charge < -0.3 is 10.1 Å². The van der Waals surface area contributed by atoms with Gasteiger partial charge in [0.2, 0.25) is 0 Å². The molecule has 1 aromatic carbocycles. The molecule has 1 amide bonds. The SMILES string of the molecule is CC(C)(C)OC(=O)N[C@]12CCC[C@H]1Cc1ccccc12. The number of hydrogen-bond acceptors (Lipinski definition) is 2. The fourth-order valence-corrected chi connectivity index (χ4v) is 3.83. The second-order valence-corrected chi connectivity index (χ2v) is 7.05. The van der Waals surface area contributed by atoms with Gasteiger partial charge in [-0.25, -0.2) is 4.79 Å². The third-order valence-corrected chi connectivity index (χ3v) is 4.51. The van der Waals surface area contributed by atoms with Crippen molar-refractivity contribution in [3.8, 4) is 0 Å². The molecule has 0 unspecified atom stereocenters. The van der Waals surface area contributed by atoms with Crippen LogP contribution in [0.2, 0.25) is 0 Å². The first kappa shape index (κ1) is 13.5. The molecule has 3 heteroatoms. The van der Waals surface area contributed by atoms with E-state index in [2.05, 4.69) is 29.6 Å². The van der Waals surface area contributed by atoms with Crippen molar-refractivity contribution < 1.29 is 9.53 Å². The third kappa shape index (κ3) is 2.19. The summed E-state index contributed by atoms with van der Waals surface area (Å²) in [6.45, 7) is 5.71. The average molecular weight is 273 g/mol. The molecule has 2 aliphatic carbocycles. The summed E-state index contributed by atoms with van der Waals surface area (Å²) in [7, 11) is 0. The van der Waals surface area contributed by atoms with E-state index in [-0.39, 0.29) is 11.6 Å². The van der Waals surface area contributed by atoms with Crippen LogP contribution in [0.4, 0.5) is 4.79 Å². The molecule has 0 saturated heterocycles. The molecule has 2 aliphatic rings. The molecule has 0 spiro atoms. The summed E-state index contributed by atoms with van der Waals surface area (Å²) in [5.41, 5.74) is 2.04. The second kappa shape index (κ2) is 4.51. The number of carbonyl (C=O) groups is 1. The Kier molecular flexibility index (Phi) is 3.03. The first-order valence-corrected chi connectivity index (χ1v) is 7.50. The maximum Gasteiger partial charge on any atom is 0.408 e. The number of alkyl carbamates (subject to hydrolysis) is 1. The quantitative estimate of drug-likeness (QED) is 0.846. The Morgan fingerprint density at radius 3 is 2.85 bits per heavy atom.